The van der Waals surface area contributed by atoms with Gasteiger partial charge in [-0.15, -0.1) is 0 Å². The molecule has 22 fully saturated rings. The van der Waals surface area contributed by atoms with Crippen molar-refractivity contribution in [2.24, 2.45) is 0 Å². The van der Waals surface area contributed by atoms with E-state index in [0.29, 0.717) is 0 Å². The summed E-state index contributed by atoms with van der Waals surface area (Å²) in [5.74, 6) is -0.734. The van der Waals surface area contributed by atoms with Crippen LogP contribution in [0.15, 0.2) is 12.7 Å². The molecule has 0 aromatic carbocycles. The zero-order valence-corrected chi connectivity index (χ0v) is 38.2. The Kier molecular flexibility index (Phi) is 19.9. The molecule has 12 bridgehead atoms. The minimum absolute atomic E-state index is 0.734. The number of ketones is 1. The minimum atomic E-state index is -2.19. The van der Waals surface area contributed by atoms with Crippen molar-refractivity contribution in [3.63, 3.8) is 0 Å². The molecule has 17 N–H and O–H groups in total. The van der Waals surface area contributed by atoms with E-state index in [9.17, 15) is 91.6 Å². The Morgan fingerprint density at radius 3 is 0.806 bits per heavy atom. The summed E-state index contributed by atoms with van der Waals surface area (Å²) < 4.78 is 75.0. The third-order valence-electron chi connectivity index (χ3n) is 13.6. The predicted molar refractivity (Wildman–Crippen MR) is 219 cm³/mol. The van der Waals surface area contributed by atoms with Gasteiger partial charge in [0.1, 0.15) is 153 Å². The highest BCUT2D eigenvalue weighted by Crippen LogP contribution is 2.38. The lowest BCUT2D eigenvalue weighted by Gasteiger charge is -2.51. The number of aliphatic hydroxyl groups excluding tert-OH is 17. The Hall–Kier alpha value is -1.79. The summed E-state index contributed by atoms with van der Waals surface area (Å²) in [6.45, 7) is -1.46. The van der Waals surface area contributed by atoms with Crippen LogP contribution in [0.25, 0.3) is 0 Å². The second-order valence-electron chi connectivity index (χ2n) is 18.2. The Morgan fingerprint density at radius 2 is 0.583 bits per heavy atom. The molecule has 22 rings (SSSR count). The van der Waals surface area contributed by atoms with E-state index in [1.165, 1.54) is 6.92 Å². The highest BCUT2D eigenvalue weighted by molar-refractivity contribution is 5.92. The zero-order valence-electron chi connectivity index (χ0n) is 38.2. The first-order valence-electron chi connectivity index (χ1n) is 23.1. The van der Waals surface area contributed by atoms with E-state index in [1.54, 1.807) is 0 Å². The number of ether oxygens (including phenoxy) is 13. The van der Waals surface area contributed by atoms with Gasteiger partial charge < -0.3 is 148 Å². The Balaban J connectivity index is 1.23. The van der Waals surface area contributed by atoms with Gasteiger partial charge in [-0.1, -0.05) is 6.58 Å². The first-order chi connectivity index (χ1) is 34.3. The summed E-state index contributed by atoms with van der Waals surface area (Å²) in [5.41, 5.74) is 0. The molecule has 0 aromatic rings. The summed E-state index contributed by atoms with van der Waals surface area (Å²) in [7, 11) is 0. The second-order valence-corrected chi connectivity index (χ2v) is 18.2. The molecule has 0 amide bonds. The fraction of sp³-hybridized carbons (Fsp3) is 0.927. The van der Waals surface area contributed by atoms with Gasteiger partial charge in [0.05, 0.1) is 39.6 Å². The molecule has 31 nitrogen and oxygen atoms in total. The largest absolute Gasteiger partial charge is 0.394 e. The molecule has 31 atom stereocenters. The molecule has 0 aliphatic carbocycles. The Labute approximate surface area is 408 Å². The molecule has 1 unspecified atom stereocenters. The second kappa shape index (κ2) is 24.7. The van der Waals surface area contributed by atoms with E-state index >= 15 is 0 Å². The number of carbonyl (C=O) groups is 1. The molecule has 72 heavy (non-hydrogen) atoms. The Morgan fingerprint density at radius 1 is 0.375 bits per heavy atom. The van der Waals surface area contributed by atoms with E-state index in [1.807, 2.05) is 0 Å². The average Bonchev–Trinajstić information content (AvgIpc) is 3.37. The number of aliphatic hydroxyl groups is 17. The smallest absolute Gasteiger partial charge is 0.187 e. The number of hydrogen-bond acceptors (Lipinski definition) is 31. The molecule has 0 spiro atoms. The maximum absolute atomic E-state index is 12.7. The molecule has 416 valence electrons. The maximum atomic E-state index is 12.7. The highest BCUT2D eigenvalue weighted by atomic mass is 16.8. The lowest BCUT2D eigenvalue weighted by Crippen LogP contribution is -2.69. The van der Waals surface area contributed by atoms with E-state index in [2.05, 4.69) is 6.58 Å². The van der Waals surface area contributed by atoms with Crippen molar-refractivity contribution in [3.05, 3.63) is 12.7 Å². The standard InChI is InChI=1S/C41H66O31/c1-3-11(48)10(2)60-35-28(59)41-66-17(9-47)34(35)72-40-27(58)22(53)32(15(7-45)65-40)70-38-25(56)20(51)30(13(5-43)63-38)68-36-23(54)18(49)29(12(4-42)61-36)67-37-24(55)19(50)31(14(6-44)62-37)69-39-26(57)21(52)33(71-41)16(8-46)64-39/h3,10,12-47,49-59H,1,4-9H2,2H3/t10?,12-,13-,14-,15-,16-,17-,18-,19-,20-,21-,22-,23-,24-,25-,26-,27-,28-,29-,30-,31-,32-,33-,34+,35-,36-,37-,38-,39-,40-,41-/m1/s1. The highest BCUT2D eigenvalue weighted by Gasteiger charge is 2.59. The molecule has 22 saturated heterocycles. The van der Waals surface area contributed by atoms with Crippen LogP contribution in [0.4, 0.5) is 0 Å². The molecular formula is C41H66O31. The lowest BCUT2D eigenvalue weighted by atomic mass is 9.94. The van der Waals surface area contributed by atoms with Gasteiger partial charge in [-0.3, -0.25) is 4.79 Å². The van der Waals surface area contributed by atoms with Gasteiger partial charge in [-0.25, -0.2) is 0 Å². The minimum Gasteiger partial charge on any atom is -0.394 e. The topological polar surface area (TPSA) is 481 Å². The Bertz CT molecular complexity index is 1730. The third kappa shape index (κ3) is 11.4. The van der Waals surface area contributed by atoms with E-state index in [0.717, 1.165) is 6.08 Å². The lowest BCUT2D eigenvalue weighted by molar-refractivity contribution is -0.405. The SMILES string of the molecule is C=CC(=O)C(C)O[C@@H]1[C@@H](O)[C@H]2O[C@H]3[C@H](O)[C@@H](O)[C@@H](O[C@H]4[C@H](O)[C@@H](O)[C@@H](O[C@H]5[C@H](O)[C@@H](O)[C@@H](O[C@H]6[C@H](O)[C@@H](O)[C@@H](O[C@H]7[C@H](O)[C@@H](O)[C@@H](O[C@H]1[C@@H](CO)O2)O[C@@H]7CO)O[C@@H]6CO)O[C@@H]5CO)O[C@@H]4CO)O[C@@H]3CO. The first kappa shape index (κ1) is 57.9. The molecule has 31 heteroatoms. The van der Waals surface area contributed by atoms with Crippen LogP contribution in [-0.2, 0) is 66.4 Å². The maximum Gasteiger partial charge on any atom is 0.187 e. The molecule has 22 heterocycles. The molecule has 0 radical (unpaired) electrons. The average molecular weight is 1050 g/mol. The fourth-order valence-electron chi connectivity index (χ4n) is 9.54. The monoisotopic (exact) mass is 1050 g/mol. The van der Waals surface area contributed by atoms with Gasteiger partial charge in [0.25, 0.3) is 0 Å². The van der Waals surface area contributed by atoms with Crippen LogP contribution in [-0.4, -0.2) is 323 Å². The summed E-state index contributed by atoms with van der Waals surface area (Å²) >= 11 is 0. The van der Waals surface area contributed by atoms with Crippen LogP contribution < -0.4 is 0 Å². The van der Waals surface area contributed by atoms with E-state index in [-0.39, 0.29) is 0 Å². The first-order valence-corrected chi connectivity index (χ1v) is 23.1. The molecule has 22 aliphatic heterocycles. The van der Waals surface area contributed by atoms with Crippen molar-refractivity contribution in [1.82, 2.24) is 0 Å². The van der Waals surface area contributed by atoms with Crippen molar-refractivity contribution >= 4 is 5.78 Å². The zero-order chi connectivity index (χ0) is 52.6. The summed E-state index contributed by atoms with van der Waals surface area (Å²) in [4.78, 5) is 12.7. The van der Waals surface area contributed by atoms with E-state index in [4.69, 9.17) is 61.6 Å². The van der Waals surface area contributed by atoms with Gasteiger partial charge in [-0.05, 0) is 13.0 Å². The van der Waals surface area contributed by atoms with Crippen molar-refractivity contribution in [3.8, 4) is 0 Å². The summed E-state index contributed by atoms with van der Waals surface area (Å²) in [5, 5.41) is 187. The van der Waals surface area contributed by atoms with Crippen LogP contribution >= 0.6 is 0 Å². The van der Waals surface area contributed by atoms with Crippen molar-refractivity contribution in [2.45, 2.75) is 197 Å². The fourth-order valence-corrected chi connectivity index (χ4v) is 9.54. The van der Waals surface area contributed by atoms with Gasteiger partial charge in [0.15, 0.2) is 43.5 Å². The van der Waals surface area contributed by atoms with Crippen molar-refractivity contribution in [1.29, 1.82) is 0 Å². The molecule has 22 aliphatic rings. The molecular weight excluding hydrogens is 988 g/mol. The quantitative estimate of drug-likeness (QED) is 0.0903. The molecule has 0 saturated carbocycles. The van der Waals surface area contributed by atoms with Crippen molar-refractivity contribution < 1.29 is 153 Å². The van der Waals surface area contributed by atoms with Crippen molar-refractivity contribution in [2.75, 3.05) is 39.6 Å². The predicted octanol–water partition coefficient (Wildman–Crippen LogP) is -11.9. The van der Waals surface area contributed by atoms with Gasteiger partial charge >= 0.3 is 0 Å². The van der Waals surface area contributed by atoms with Gasteiger partial charge in [-0.2, -0.15) is 0 Å². The summed E-state index contributed by atoms with van der Waals surface area (Å²) in [6.07, 6.45) is -59.4. The van der Waals surface area contributed by atoms with Crippen LogP contribution in [0.3, 0.4) is 0 Å². The van der Waals surface area contributed by atoms with Crippen LogP contribution in [0.5, 0.6) is 0 Å². The van der Waals surface area contributed by atoms with Crippen LogP contribution in [0.2, 0.25) is 0 Å². The number of hydrogen-bond donors (Lipinski definition) is 17. The van der Waals surface area contributed by atoms with E-state index < -0.39 is 236 Å². The van der Waals surface area contributed by atoms with Gasteiger partial charge in [0.2, 0.25) is 0 Å². The van der Waals surface area contributed by atoms with Crippen LogP contribution in [0.1, 0.15) is 6.92 Å². The molecule has 0 aromatic heterocycles. The summed E-state index contributed by atoms with van der Waals surface area (Å²) in [6, 6.07) is 0. The third-order valence-corrected chi connectivity index (χ3v) is 13.6. The van der Waals surface area contributed by atoms with Crippen LogP contribution in [0, 0.1) is 0 Å². The van der Waals surface area contributed by atoms with Gasteiger partial charge in [0, 0.05) is 0 Å². The number of rotatable bonds is 10. The normalized spacial score (nSPS) is 52.1. The number of carbonyl (C=O) groups excluding carboxylic acids is 1.